The number of ether oxygens (including phenoxy) is 1. The van der Waals surface area contributed by atoms with Gasteiger partial charge in [0.05, 0.1) is 16.4 Å². The smallest absolute Gasteiger partial charge is 0.142 e. The first-order valence-corrected chi connectivity index (χ1v) is 8.41. The highest BCUT2D eigenvalue weighted by Gasteiger charge is 2.07. The standard InChI is InChI=1S/C19H20N2OS/c1-13-14(2)23-19(21-13)11-16-8-9-18(17(20)10-16)22-12-15-6-4-3-5-7-15/h3-10H,11-12,20H2,1-2H3. The van der Waals surface area contributed by atoms with Crippen LogP contribution in [0.15, 0.2) is 48.5 Å². The van der Waals surface area contributed by atoms with Crippen molar-refractivity contribution in [3.8, 4) is 5.75 Å². The largest absolute Gasteiger partial charge is 0.487 e. The number of nitrogen functional groups attached to an aromatic ring is 1. The van der Waals surface area contributed by atoms with Crippen molar-refractivity contribution in [2.75, 3.05) is 5.73 Å². The molecule has 0 amide bonds. The van der Waals surface area contributed by atoms with Crippen LogP contribution in [0.3, 0.4) is 0 Å². The molecule has 0 bridgehead atoms. The highest BCUT2D eigenvalue weighted by atomic mass is 32.1. The first-order valence-electron chi connectivity index (χ1n) is 7.60. The molecular formula is C19H20N2OS. The third-order valence-corrected chi connectivity index (χ3v) is 4.81. The molecule has 1 heterocycles. The minimum atomic E-state index is 0.523. The minimum Gasteiger partial charge on any atom is -0.487 e. The van der Waals surface area contributed by atoms with Gasteiger partial charge in [-0.3, -0.25) is 0 Å². The third-order valence-electron chi connectivity index (χ3n) is 3.74. The molecule has 0 aliphatic carbocycles. The van der Waals surface area contributed by atoms with Gasteiger partial charge in [0, 0.05) is 11.3 Å². The third kappa shape index (κ3) is 3.90. The van der Waals surface area contributed by atoms with Crippen molar-refractivity contribution >= 4 is 17.0 Å². The molecule has 4 heteroatoms. The molecule has 3 rings (SSSR count). The normalized spacial score (nSPS) is 10.7. The second-order valence-electron chi connectivity index (χ2n) is 5.57. The van der Waals surface area contributed by atoms with Gasteiger partial charge in [-0.05, 0) is 37.1 Å². The van der Waals surface area contributed by atoms with Crippen molar-refractivity contribution in [3.63, 3.8) is 0 Å². The number of benzene rings is 2. The number of hydrogen-bond acceptors (Lipinski definition) is 4. The van der Waals surface area contributed by atoms with Crippen LogP contribution in [0, 0.1) is 13.8 Å². The van der Waals surface area contributed by atoms with Gasteiger partial charge < -0.3 is 10.5 Å². The van der Waals surface area contributed by atoms with Crippen LogP contribution in [0.4, 0.5) is 5.69 Å². The molecule has 0 atom stereocenters. The van der Waals surface area contributed by atoms with Gasteiger partial charge in [0.1, 0.15) is 12.4 Å². The summed E-state index contributed by atoms with van der Waals surface area (Å²) in [7, 11) is 0. The van der Waals surface area contributed by atoms with Crippen LogP contribution in [0.25, 0.3) is 0 Å². The SMILES string of the molecule is Cc1nc(Cc2ccc(OCc3ccccc3)c(N)c2)sc1C. The molecule has 2 N–H and O–H groups in total. The van der Waals surface area contributed by atoms with Crippen LogP contribution in [-0.2, 0) is 13.0 Å². The van der Waals surface area contributed by atoms with Gasteiger partial charge in [0.2, 0.25) is 0 Å². The topological polar surface area (TPSA) is 48.1 Å². The van der Waals surface area contributed by atoms with Gasteiger partial charge in [-0.25, -0.2) is 4.98 Å². The monoisotopic (exact) mass is 324 g/mol. The number of nitrogens with two attached hydrogens (primary N) is 1. The molecular weight excluding hydrogens is 304 g/mol. The molecule has 0 radical (unpaired) electrons. The molecule has 0 fully saturated rings. The second-order valence-corrected chi connectivity index (χ2v) is 6.86. The molecule has 0 spiro atoms. The number of nitrogens with zero attached hydrogens (tertiary/aromatic N) is 1. The van der Waals surface area contributed by atoms with Crippen molar-refractivity contribution in [2.24, 2.45) is 0 Å². The van der Waals surface area contributed by atoms with Crippen LogP contribution in [0.2, 0.25) is 0 Å². The van der Waals surface area contributed by atoms with Gasteiger partial charge in [0.25, 0.3) is 0 Å². The maximum atomic E-state index is 6.13. The number of anilines is 1. The van der Waals surface area contributed by atoms with Crippen molar-refractivity contribution in [1.82, 2.24) is 4.98 Å². The first-order chi connectivity index (χ1) is 11.1. The van der Waals surface area contributed by atoms with E-state index in [0.29, 0.717) is 12.3 Å². The van der Waals surface area contributed by atoms with E-state index in [4.69, 9.17) is 10.5 Å². The minimum absolute atomic E-state index is 0.523. The lowest BCUT2D eigenvalue weighted by Gasteiger charge is -2.10. The summed E-state index contributed by atoms with van der Waals surface area (Å²) in [6, 6.07) is 16.1. The molecule has 0 saturated carbocycles. The van der Waals surface area contributed by atoms with Crippen LogP contribution in [-0.4, -0.2) is 4.98 Å². The summed E-state index contributed by atoms with van der Waals surface area (Å²) in [6.45, 7) is 4.67. The fraction of sp³-hybridized carbons (Fsp3) is 0.211. The van der Waals surface area contributed by atoms with E-state index in [1.165, 1.54) is 4.88 Å². The second kappa shape index (κ2) is 6.84. The zero-order valence-electron chi connectivity index (χ0n) is 13.4. The van der Waals surface area contributed by atoms with Crippen molar-refractivity contribution in [1.29, 1.82) is 0 Å². The van der Waals surface area contributed by atoms with E-state index in [2.05, 4.69) is 18.0 Å². The zero-order valence-corrected chi connectivity index (χ0v) is 14.2. The molecule has 118 valence electrons. The fourth-order valence-corrected chi connectivity index (χ4v) is 3.33. The van der Waals surface area contributed by atoms with E-state index in [1.807, 2.05) is 49.4 Å². The van der Waals surface area contributed by atoms with Crippen LogP contribution < -0.4 is 10.5 Å². The Bertz CT molecular complexity index is 777. The molecule has 0 unspecified atom stereocenters. The van der Waals surface area contributed by atoms with Crippen molar-refractivity contribution in [2.45, 2.75) is 26.9 Å². The number of hydrogen-bond donors (Lipinski definition) is 1. The van der Waals surface area contributed by atoms with E-state index < -0.39 is 0 Å². The Labute approximate surface area is 140 Å². The zero-order chi connectivity index (χ0) is 16.2. The lowest BCUT2D eigenvalue weighted by Crippen LogP contribution is -1.99. The molecule has 23 heavy (non-hydrogen) atoms. The number of rotatable bonds is 5. The maximum Gasteiger partial charge on any atom is 0.142 e. The summed E-state index contributed by atoms with van der Waals surface area (Å²) in [6.07, 6.45) is 0.808. The average molecular weight is 324 g/mol. The van der Waals surface area contributed by atoms with E-state index in [1.54, 1.807) is 11.3 Å². The number of aryl methyl sites for hydroxylation is 2. The van der Waals surface area contributed by atoms with Gasteiger partial charge in [-0.2, -0.15) is 0 Å². The lowest BCUT2D eigenvalue weighted by atomic mass is 10.1. The first kappa shape index (κ1) is 15.6. The molecule has 3 nitrogen and oxygen atoms in total. The summed E-state index contributed by atoms with van der Waals surface area (Å²) in [5.41, 5.74) is 10.2. The quantitative estimate of drug-likeness (QED) is 0.702. The Morgan fingerprint density at radius 2 is 1.83 bits per heavy atom. The van der Waals surface area contributed by atoms with Gasteiger partial charge in [-0.15, -0.1) is 11.3 Å². The Hall–Kier alpha value is -2.33. The van der Waals surface area contributed by atoms with Gasteiger partial charge in [0.15, 0.2) is 0 Å². The van der Waals surface area contributed by atoms with E-state index in [-0.39, 0.29) is 0 Å². The van der Waals surface area contributed by atoms with E-state index >= 15 is 0 Å². The summed E-state index contributed by atoms with van der Waals surface area (Å²) in [5.74, 6) is 0.726. The van der Waals surface area contributed by atoms with Crippen LogP contribution in [0.5, 0.6) is 5.75 Å². The average Bonchev–Trinajstić information content (AvgIpc) is 2.85. The summed E-state index contributed by atoms with van der Waals surface area (Å²) >= 11 is 1.74. The predicted molar refractivity (Wildman–Crippen MR) is 96.0 cm³/mol. The fourth-order valence-electron chi connectivity index (χ4n) is 2.36. The number of thiazole rings is 1. The molecule has 3 aromatic rings. The molecule has 2 aromatic carbocycles. The molecule has 1 aromatic heterocycles. The van der Waals surface area contributed by atoms with E-state index in [9.17, 15) is 0 Å². The Morgan fingerprint density at radius 1 is 1.04 bits per heavy atom. The van der Waals surface area contributed by atoms with Crippen LogP contribution in [0.1, 0.15) is 26.7 Å². The highest BCUT2D eigenvalue weighted by molar-refractivity contribution is 7.11. The summed E-state index contributed by atoms with van der Waals surface area (Å²) in [4.78, 5) is 5.85. The summed E-state index contributed by atoms with van der Waals surface area (Å²) in [5, 5.41) is 1.12. The highest BCUT2D eigenvalue weighted by Crippen LogP contribution is 2.26. The molecule has 0 saturated heterocycles. The molecule has 0 aliphatic heterocycles. The van der Waals surface area contributed by atoms with Gasteiger partial charge >= 0.3 is 0 Å². The maximum absolute atomic E-state index is 6.13. The number of aromatic nitrogens is 1. The predicted octanol–water partition coefficient (Wildman–Crippen LogP) is 4.51. The van der Waals surface area contributed by atoms with Crippen molar-refractivity contribution in [3.05, 3.63) is 75.2 Å². The summed E-state index contributed by atoms with van der Waals surface area (Å²) < 4.78 is 5.81. The van der Waals surface area contributed by atoms with Gasteiger partial charge in [-0.1, -0.05) is 36.4 Å². The Balaban J connectivity index is 1.68. The Morgan fingerprint density at radius 3 is 2.48 bits per heavy atom. The molecule has 0 aliphatic rings. The van der Waals surface area contributed by atoms with E-state index in [0.717, 1.165) is 34.0 Å². The Kier molecular flexibility index (Phi) is 4.63. The van der Waals surface area contributed by atoms with Crippen LogP contribution >= 0.6 is 11.3 Å². The lowest BCUT2D eigenvalue weighted by molar-refractivity contribution is 0.308. The van der Waals surface area contributed by atoms with Crippen molar-refractivity contribution < 1.29 is 4.74 Å².